The highest BCUT2D eigenvalue weighted by atomic mass is 32.2. The van der Waals surface area contributed by atoms with Crippen molar-refractivity contribution in [3.8, 4) is 11.4 Å². The van der Waals surface area contributed by atoms with E-state index in [2.05, 4.69) is 9.71 Å². The molecule has 2 aromatic carbocycles. The highest BCUT2D eigenvalue weighted by Crippen LogP contribution is 2.24. The van der Waals surface area contributed by atoms with Crippen molar-refractivity contribution >= 4 is 32.7 Å². The maximum Gasteiger partial charge on any atom is 0.266 e. The minimum atomic E-state index is -3.26. The molecule has 3 aromatic rings. The fraction of sp³-hybridized carbons (Fsp3) is 0.263. The van der Waals surface area contributed by atoms with Gasteiger partial charge in [-0.3, -0.25) is 9.36 Å². The monoisotopic (exact) mass is 419 g/mol. The predicted molar refractivity (Wildman–Crippen MR) is 112 cm³/mol. The first-order chi connectivity index (χ1) is 13.4. The Balaban J connectivity index is 2.01. The van der Waals surface area contributed by atoms with E-state index in [1.165, 1.54) is 18.8 Å². The molecule has 0 spiro atoms. The molecule has 1 heterocycles. The number of aromatic nitrogens is 2. The Morgan fingerprint density at radius 3 is 2.71 bits per heavy atom. The average molecular weight is 420 g/mol. The molecule has 0 amide bonds. The van der Waals surface area contributed by atoms with Crippen LogP contribution in [0.25, 0.3) is 16.6 Å². The molecule has 1 aromatic heterocycles. The molecule has 0 aliphatic heterocycles. The number of para-hydroxylation sites is 1. The van der Waals surface area contributed by atoms with Gasteiger partial charge in [0.05, 0.1) is 29.5 Å². The Kier molecular flexibility index (Phi) is 6.38. The van der Waals surface area contributed by atoms with Crippen LogP contribution in [0.15, 0.2) is 58.5 Å². The lowest BCUT2D eigenvalue weighted by atomic mass is 10.2. The fourth-order valence-corrected chi connectivity index (χ4v) is 4.56. The molecule has 0 unspecified atom stereocenters. The summed E-state index contributed by atoms with van der Waals surface area (Å²) >= 11 is 1.35. The minimum absolute atomic E-state index is 0.0213. The third-order valence-electron chi connectivity index (χ3n) is 4.16. The van der Waals surface area contributed by atoms with E-state index in [1.807, 2.05) is 18.2 Å². The van der Waals surface area contributed by atoms with Gasteiger partial charge in [-0.25, -0.2) is 18.1 Å². The molecule has 0 aliphatic rings. The van der Waals surface area contributed by atoms with E-state index >= 15 is 0 Å². The van der Waals surface area contributed by atoms with Gasteiger partial charge >= 0.3 is 0 Å². The lowest BCUT2D eigenvalue weighted by molar-refractivity contribution is 0.414. The molecule has 0 saturated carbocycles. The van der Waals surface area contributed by atoms with E-state index in [1.54, 1.807) is 42.0 Å². The molecule has 148 valence electrons. The van der Waals surface area contributed by atoms with Crippen molar-refractivity contribution in [2.75, 3.05) is 25.7 Å². The van der Waals surface area contributed by atoms with Gasteiger partial charge in [0.1, 0.15) is 5.75 Å². The van der Waals surface area contributed by atoms with E-state index in [9.17, 15) is 13.2 Å². The molecule has 1 N–H and O–H groups in total. The maximum atomic E-state index is 13.2. The van der Waals surface area contributed by atoms with Crippen LogP contribution < -0.4 is 15.0 Å². The zero-order valence-electron chi connectivity index (χ0n) is 15.6. The fourth-order valence-electron chi connectivity index (χ4n) is 2.70. The number of ether oxygens (including phenoxy) is 1. The number of fused-ring (bicyclic) bond motifs is 1. The highest BCUT2D eigenvalue weighted by molar-refractivity contribution is 7.99. The van der Waals surface area contributed by atoms with Crippen molar-refractivity contribution in [2.24, 2.45) is 0 Å². The van der Waals surface area contributed by atoms with Crippen LogP contribution in [0.4, 0.5) is 0 Å². The molecule has 3 rings (SSSR count). The molecule has 7 nitrogen and oxygen atoms in total. The average Bonchev–Trinajstić information content (AvgIpc) is 2.71. The van der Waals surface area contributed by atoms with E-state index < -0.39 is 10.0 Å². The summed E-state index contributed by atoms with van der Waals surface area (Å²) < 4.78 is 32.3. The van der Waals surface area contributed by atoms with Crippen LogP contribution in [0, 0.1) is 0 Å². The van der Waals surface area contributed by atoms with Gasteiger partial charge in [-0.15, -0.1) is 0 Å². The number of sulfonamides is 1. The van der Waals surface area contributed by atoms with Crippen LogP contribution in [0.5, 0.6) is 5.75 Å². The first-order valence-corrected chi connectivity index (χ1v) is 11.3. The standard InChI is InChI=1S/C19H21N3O4S2/c1-20-28(24,25)12-6-11-27-19-21-17-10-4-3-9-16(17)18(23)22(19)14-7-5-8-15(13-14)26-2/h3-5,7-10,13,20H,6,11-12H2,1-2H3. The van der Waals surface area contributed by atoms with E-state index in [0.29, 0.717) is 39.7 Å². The highest BCUT2D eigenvalue weighted by Gasteiger charge is 2.14. The summed E-state index contributed by atoms with van der Waals surface area (Å²) in [6.45, 7) is 0. The Morgan fingerprint density at radius 2 is 1.96 bits per heavy atom. The van der Waals surface area contributed by atoms with Gasteiger partial charge < -0.3 is 4.74 Å². The van der Waals surface area contributed by atoms with Crippen molar-refractivity contribution in [3.05, 3.63) is 58.9 Å². The Morgan fingerprint density at radius 1 is 1.18 bits per heavy atom. The van der Waals surface area contributed by atoms with Crippen molar-refractivity contribution in [3.63, 3.8) is 0 Å². The van der Waals surface area contributed by atoms with Gasteiger partial charge in [0.25, 0.3) is 5.56 Å². The lowest BCUT2D eigenvalue weighted by Crippen LogP contribution is -2.23. The third kappa shape index (κ3) is 4.54. The second kappa shape index (κ2) is 8.76. The molecule has 0 aliphatic carbocycles. The zero-order valence-corrected chi connectivity index (χ0v) is 17.2. The number of nitrogens with one attached hydrogen (secondary N) is 1. The van der Waals surface area contributed by atoms with E-state index in [0.717, 1.165) is 0 Å². The molecule has 0 bridgehead atoms. The number of thioether (sulfide) groups is 1. The van der Waals surface area contributed by atoms with Gasteiger partial charge in [-0.05, 0) is 37.7 Å². The second-order valence-corrected chi connectivity index (χ2v) is 9.09. The summed E-state index contributed by atoms with van der Waals surface area (Å²) in [7, 11) is -0.292. The molecule has 0 fully saturated rings. The number of methoxy groups -OCH3 is 1. The number of hydrogen-bond acceptors (Lipinski definition) is 6. The molecule has 28 heavy (non-hydrogen) atoms. The van der Waals surface area contributed by atoms with Crippen LogP contribution in [0.3, 0.4) is 0 Å². The lowest BCUT2D eigenvalue weighted by Gasteiger charge is -2.14. The SMILES string of the molecule is CNS(=O)(=O)CCCSc1nc2ccccc2c(=O)n1-c1cccc(OC)c1. The van der Waals surface area contributed by atoms with Gasteiger partial charge in [-0.2, -0.15) is 0 Å². The summed E-state index contributed by atoms with van der Waals surface area (Å²) in [4.78, 5) is 17.8. The zero-order chi connectivity index (χ0) is 20.1. The Hall–Kier alpha value is -2.36. The molecule has 9 heteroatoms. The summed E-state index contributed by atoms with van der Waals surface area (Å²) in [5.41, 5.74) is 1.08. The Labute approximate surface area is 167 Å². The number of benzene rings is 2. The second-order valence-electron chi connectivity index (χ2n) is 5.98. The van der Waals surface area contributed by atoms with Gasteiger partial charge in [-0.1, -0.05) is 30.0 Å². The summed E-state index contributed by atoms with van der Waals surface area (Å²) in [5.74, 6) is 1.16. The molecular formula is C19H21N3O4S2. The molecule has 0 saturated heterocycles. The van der Waals surface area contributed by atoms with Crippen LogP contribution in [0.2, 0.25) is 0 Å². The van der Waals surface area contributed by atoms with Crippen molar-refractivity contribution in [1.82, 2.24) is 14.3 Å². The van der Waals surface area contributed by atoms with Crippen LogP contribution >= 0.6 is 11.8 Å². The predicted octanol–water partition coefficient (Wildman–Crippen LogP) is 2.43. The number of nitrogens with zero attached hydrogens (tertiary/aromatic N) is 2. The van der Waals surface area contributed by atoms with Gasteiger partial charge in [0.2, 0.25) is 10.0 Å². The summed E-state index contributed by atoms with van der Waals surface area (Å²) in [5, 5.41) is 1.03. The largest absolute Gasteiger partial charge is 0.497 e. The van der Waals surface area contributed by atoms with Gasteiger partial charge in [0.15, 0.2) is 5.16 Å². The number of rotatable bonds is 8. The first kappa shape index (κ1) is 20.4. The van der Waals surface area contributed by atoms with E-state index in [4.69, 9.17) is 4.74 Å². The third-order valence-corrected chi connectivity index (χ3v) is 6.63. The quantitative estimate of drug-likeness (QED) is 0.343. The Bertz CT molecular complexity index is 1140. The van der Waals surface area contributed by atoms with Crippen molar-refractivity contribution in [1.29, 1.82) is 0 Å². The van der Waals surface area contributed by atoms with Crippen molar-refractivity contribution < 1.29 is 13.2 Å². The van der Waals surface area contributed by atoms with Crippen LogP contribution in [0.1, 0.15) is 6.42 Å². The minimum Gasteiger partial charge on any atom is -0.497 e. The maximum absolute atomic E-state index is 13.2. The number of hydrogen-bond donors (Lipinski definition) is 1. The topological polar surface area (TPSA) is 90.3 Å². The van der Waals surface area contributed by atoms with Gasteiger partial charge in [0, 0.05) is 11.8 Å². The van der Waals surface area contributed by atoms with E-state index in [-0.39, 0.29) is 11.3 Å². The summed E-state index contributed by atoms with van der Waals surface area (Å²) in [6.07, 6.45) is 0.439. The molecule has 0 atom stereocenters. The summed E-state index contributed by atoms with van der Waals surface area (Å²) in [6, 6.07) is 14.4. The van der Waals surface area contributed by atoms with Crippen LogP contribution in [-0.2, 0) is 10.0 Å². The normalized spacial score (nSPS) is 11.6. The van der Waals surface area contributed by atoms with Crippen molar-refractivity contribution in [2.45, 2.75) is 11.6 Å². The van der Waals surface area contributed by atoms with Crippen LogP contribution in [-0.4, -0.2) is 43.6 Å². The molecular weight excluding hydrogens is 398 g/mol. The smallest absolute Gasteiger partial charge is 0.266 e. The first-order valence-electron chi connectivity index (χ1n) is 8.65. The molecule has 0 radical (unpaired) electrons.